The lowest BCUT2D eigenvalue weighted by Gasteiger charge is -2.10. The van der Waals surface area contributed by atoms with Gasteiger partial charge in [0.05, 0.1) is 0 Å². The summed E-state index contributed by atoms with van der Waals surface area (Å²) in [6, 6.07) is 4.85. The fourth-order valence-electron chi connectivity index (χ4n) is 1.04. The van der Waals surface area contributed by atoms with Crippen molar-refractivity contribution in [3.8, 4) is 0 Å². The van der Waals surface area contributed by atoms with Crippen LogP contribution in [0.1, 0.15) is 5.56 Å². The van der Waals surface area contributed by atoms with Crippen molar-refractivity contribution in [1.29, 1.82) is 0 Å². The molecule has 98 valence electrons. The molecule has 0 atom stereocenters. The lowest BCUT2D eigenvalue weighted by atomic mass is 10.1. The zero-order valence-electron chi connectivity index (χ0n) is 8.87. The zero-order chi connectivity index (χ0) is 13.8. The van der Waals surface area contributed by atoms with Gasteiger partial charge in [-0.3, -0.25) is 4.79 Å². The van der Waals surface area contributed by atoms with Crippen LogP contribution in [0.2, 0.25) is 5.02 Å². The molecular weight excluding hydrogens is 273 g/mol. The molecule has 0 aromatic heterocycles. The number of nitrogens with two attached hydrogens (primary N) is 1. The van der Waals surface area contributed by atoms with Crippen LogP contribution in [0.4, 0.5) is 13.2 Å². The molecule has 0 radical (unpaired) electrons. The summed E-state index contributed by atoms with van der Waals surface area (Å²) in [4.78, 5) is 14.6. The normalized spacial score (nSPS) is 12.3. The standard InChI is InChI=1S/C10H8ClF3N2O2/c11-7-3-1-6(2-4-7)9(10(12,13)14)16-18-5-8(15)17/h1-4H,5H2,(H2,15,17)/b16-9-. The Hall–Kier alpha value is -1.76. The molecule has 1 amide bonds. The number of benzene rings is 1. The zero-order valence-corrected chi connectivity index (χ0v) is 9.63. The third-order valence-electron chi connectivity index (χ3n) is 1.75. The Morgan fingerprint density at radius 3 is 2.33 bits per heavy atom. The van der Waals surface area contributed by atoms with Crippen molar-refractivity contribution < 1.29 is 22.8 Å². The molecule has 18 heavy (non-hydrogen) atoms. The fraction of sp³-hybridized carbons (Fsp3) is 0.200. The van der Waals surface area contributed by atoms with Gasteiger partial charge in [0.25, 0.3) is 5.91 Å². The number of halogens is 4. The van der Waals surface area contributed by atoms with E-state index in [1.807, 2.05) is 0 Å². The maximum absolute atomic E-state index is 12.7. The number of alkyl halides is 3. The van der Waals surface area contributed by atoms with Crippen LogP contribution in [0.15, 0.2) is 29.4 Å². The molecule has 0 saturated carbocycles. The van der Waals surface area contributed by atoms with Gasteiger partial charge in [-0.25, -0.2) is 0 Å². The first-order valence-corrected chi connectivity index (χ1v) is 5.00. The highest BCUT2D eigenvalue weighted by atomic mass is 35.5. The van der Waals surface area contributed by atoms with Crippen molar-refractivity contribution in [1.82, 2.24) is 0 Å². The largest absolute Gasteiger partial charge is 0.437 e. The summed E-state index contributed by atoms with van der Waals surface area (Å²) < 4.78 is 38.0. The third kappa shape index (κ3) is 4.25. The van der Waals surface area contributed by atoms with Crippen LogP contribution >= 0.6 is 11.6 Å². The summed E-state index contributed by atoms with van der Waals surface area (Å²) >= 11 is 5.56. The molecule has 0 heterocycles. The summed E-state index contributed by atoms with van der Waals surface area (Å²) in [5.41, 5.74) is 3.23. The van der Waals surface area contributed by atoms with E-state index in [9.17, 15) is 18.0 Å². The molecule has 0 aliphatic rings. The molecule has 0 unspecified atom stereocenters. The molecule has 0 spiro atoms. The minimum atomic E-state index is -4.72. The second-order valence-corrected chi connectivity index (χ2v) is 3.62. The van der Waals surface area contributed by atoms with Gasteiger partial charge in [0.1, 0.15) is 0 Å². The lowest BCUT2D eigenvalue weighted by molar-refractivity contribution is -0.122. The second-order valence-electron chi connectivity index (χ2n) is 3.18. The highest BCUT2D eigenvalue weighted by molar-refractivity contribution is 6.30. The van der Waals surface area contributed by atoms with E-state index in [1.54, 1.807) is 0 Å². The lowest BCUT2D eigenvalue weighted by Crippen LogP contribution is -2.25. The van der Waals surface area contributed by atoms with Gasteiger partial charge in [-0.15, -0.1) is 0 Å². The van der Waals surface area contributed by atoms with Gasteiger partial charge < -0.3 is 10.6 Å². The first-order valence-electron chi connectivity index (χ1n) is 4.62. The maximum Gasteiger partial charge on any atom is 0.437 e. The van der Waals surface area contributed by atoms with Crippen LogP contribution in [0.3, 0.4) is 0 Å². The van der Waals surface area contributed by atoms with Crippen molar-refractivity contribution in [2.45, 2.75) is 6.18 Å². The van der Waals surface area contributed by atoms with E-state index in [-0.39, 0.29) is 5.56 Å². The number of nitrogens with zero attached hydrogens (tertiary/aromatic N) is 1. The highest BCUT2D eigenvalue weighted by Crippen LogP contribution is 2.23. The van der Waals surface area contributed by atoms with E-state index in [1.165, 1.54) is 12.1 Å². The Kier molecular flexibility index (Phi) is 4.55. The van der Waals surface area contributed by atoms with E-state index >= 15 is 0 Å². The quantitative estimate of drug-likeness (QED) is 0.678. The van der Waals surface area contributed by atoms with Gasteiger partial charge in [0.15, 0.2) is 12.3 Å². The predicted molar refractivity (Wildman–Crippen MR) is 59.2 cm³/mol. The van der Waals surface area contributed by atoms with E-state index in [2.05, 4.69) is 9.99 Å². The van der Waals surface area contributed by atoms with Crippen LogP contribution in [-0.4, -0.2) is 24.4 Å². The van der Waals surface area contributed by atoms with E-state index in [4.69, 9.17) is 17.3 Å². The monoisotopic (exact) mass is 280 g/mol. The third-order valence-corrected chi connectivity index (χ3v) is 2.00. The van der Waals surface area contributed by atoms with Crippen LogP contribution < -0.4 is 5.73 Å². The maximum atomic E-state index is 12.7. The first kappa shape index (κ1) is 14.3. The molecule has 0 aliphatic carbocycles. The predicted octanol–water partition coefficient (Wildman–Crippen LogP) is 2.11. The average Bonchev–Trinajstić information content (AvgIpc) is 2.24. The molecule has 2 N–H and O–H groups in total. The Balaban J connectivity index is 2.99. The van der Waals surface area contributed by atoms with Crippen LogP contribution in [0, 0.1) is 0 Å². The molecule has 0 bridgehead atoms. The number of hydrogen-bond acceptors (Lipinski definition) is 3. The van der Waals surface area contributed by atoms with Gasteiger partial charge in [-0.05, 0) is 12.1 Å². The number of oxime groups is 1. The number of amides is 1. The molecule has 0 aliphatic heterocycles. The van der Waals surface area contributed by atoms with Gasteiger partial charge >= 0.3 is 6.18 Å². The molecule has 1 aromatic carbocycles. The van der Waals surface area contributed by atoms with Crippen molar-refractivity contribution in [2.75, 3.05) is 6.61 Å². The Morgan fingerprint density at radius 1 is 1.33 bits per heavy atom. The summed E-state index contributed by atoms with van der Waals surface area (Å²) in [5.74, 6) is -0.920. The molecule has 1 rings (SSSR count). The van der Waals surface area contributed by atoms with Crippen LogP contribution in [0.5, 0.6) is 0 Å². The SMILES string of the molecule is NC(=O)CO/N=C(/c1ccc(Cl)cc1)C(F)(F)F. The molecule has 1 aromatic rings. The van der Waals surface area contributed by atoms with Crippen molar-refractivity contribution in [3.63, 3.8) is 0 Å². The Labute approximate surface area is 105 Å². The molecular formula is C10H8ClF3N2O2. The number of carbonyl (C=O) groups excluding carboxylic acids is 1. The number of carbonyl (C=O) groups is 1. The second kappa shape index (κ2) is 5.72. The summed E-state index contributed by atoms with van der Waals surface area (Å²) in [7, 11) is 0. The van der Waals surface area contributed by atoms with Crippen molar-refractivity contribution in [2.24, 2.45) is 10.9 Å². The van der Waals surface area contributed by atoms with Gasteiger partial charge in [0, 0.05) is 10.6 Å². The first-order chi connectivity index (χ1) is 8.30. The Bertz CT molecular complexity index is 457. The van der Waals surface area contributed by atoms with Crippen LogP contribution in [0.25, 0.3) is 0 Å². The minimum absolute atomic E-state index is 0.226. The number of rotatable bonds is 4. The Morgan fingerprint density at radius 2 is 1.89 bits per heavy atom. The van der Waals surface area contributed by atoms with E-state index < -0.39 is 24.4 Å². The van der Waals surface area contributed by atoms with Gasteiger partial charge in [-0.2, -0.15) is 13.2 Å². The van der Waals surface area contributed by atoms with E-state index in [0.717, 1.165) is 12.1 Å². The topological polar surface area (TPSA) is 64.7 Å². The minimum Gasteiger partial charge on any atom is -0.385 e. The smallest absolute Gasteiger partial charge is 0.385 e. The molecule has 4 nitrogen and oxygen atoms in total. The molecule has 0 saturated heterocycles. The summed E-state index contributed by atoms with van der Waals surface area (Å²) in [6.45, 7) is -0.729. The van der Waals surface area contributed by atoms with Crippen molar-refractivity contribution in [3.05, 3.63) is 34.9 Å². The molecule has 8 heteroatoms. The van der Waals surface area contributed by atoms with Gasteiger partial charge in [0.2, 0.25) is 0 Å². The number of hydrogen-bond donors (Lipinski definition) is 1. The number of primary amides is 1. The van der Waals surface area contributed by atoms with Gasteiger partial charge in [-0.1, -0.05) is 28.9 Å². The van der Waals surface area contributed by atoms with Crippen molar-refractivity contribution >= 4 is 23.2 Å². The summed E-state index contributed by atoms with van der Waals surface area (Å²) in [6.07, 6.45) is -4.72. The fourth-order valence-corrected chi connectivity index (χ4v) is 1.16. The average molecular weight is 281 g/mol. The van der Waals surface area contributed by atoms with E-state index in [0.29, 0.717) is 5.02 Å². The summed E-state index contributed by atoms with van der Waals surface area (Å²) in [5, 5.41) is 3.17. The highest BCUT2D eigenvalue weighted by Gasteiger charge is 2.37. The van der Waals surface area contributed by atoms with Crippen LogP contribution in [-0.2, 0) is 9.63 Å². The molecule has 0 fully saturated rings.